The molecule has 25 heavy (non-hydrogen) atoms. The van der Waals surface area contributed by atoms with E-state index in [4.69, 9.17) is 16.3 Å². The second kappa shape index (κ2) is 7.94. The van der Waals surface area contributed by atoms with E-state index in [2.05, 4.69) is 20.3 Å². The molecule has 1 N–H and O–H groups in total. The highest BCUT2D eigenvalue weighted by molar-refractivity contribution is 6.33. The van der Waals surface area contributed by atoms with Gasteiger partial charge in [0.25, 0.3) is 0 Å². The van der Waals surface area contributed by atoms with Gasteiger partial charge in [-0.05, 0) is 31.5 Å². The van der Waals surface area contributed by atoms with Gasteiger partial charge in [0.2, 0.25) is 0 Å². The number of rotatable bonds is 6. The van der Waals surface area contributed by atoms with E-state index in [1.165, 1.54) is 0 Å². The number of benzene rings is 1. The molecular weight excluding hydrogens is 336 g/mol. The Morgan fingerprint density at radius 2 is 1.84 bits per heavy atom. The topological polar surface area (TPSA) is 59.9 Å². The number of anilines is 1. The van der Waals surface area contributed by atoms with Crippen LogP contribution in [-0.4, -0.2) is 15.0 Å². The average molecular weight is 355 g/mol. The van der Waals surface area contributed by atoms with Crippen molar-refractivity contribution in [2.45, 2.75) is 27.0 Å². The second-order valence-electron chi connectivity index (χ2n) is 5.63. The molecule has 2 heterocycles. The molecule has 128 valence electrons. The largest absolute Gasteiger partial charge is 0.487 e. The molecule has 0 fully saturated rings. The number of pyridine rings is 1. The molecule has 6 heteroatoms. The summed E-state index contributed by atoms with van der Waals surface area (Å²) in [7, 11) is 0. The maximum absolute atomic E-state index is 6.23. The zero-order chi connectivity index (χ0) is 17.6. The van der Waals surface area contributed by atoms with Crippen LogP contribution in [0.1, 0.15) is 22.8 Å². The standard InChI is InChI=1S/C19H19ClN4O/c1-13-18(20)19(24-14(2)23-13)22-10-16-8-9-17(11-21-16)25-12-15-6-4-3-5-7-15/h3-9,11H,10,12H2,1-2H3,(H,22,23,24). The summed E-state index contributed by atoms with van der Waals surface area (Å²) in [5.41, 5.74) is 2.75. The minimum absolute atomic E-state index is 0.522. The lowest BCUT2D eigenvalue weighted by Gasteiger charge is -2.10. The van der Waals surface area contributed by atoms with Crippen LogP contribution in [0.4, 0.5) is 5.82 Å². The van der Waals surface area contributed by atoms with Crippen LogP contribution in [-0.2, 0) is 13.2 Å². The number of nitrogens with one attached hydrogen (secondary N) is 1. The summed E-state index contributed by atoms with van der Waals surface area (Å²) in [6, 6.07) is 13.9. The minimum atomic E-state index is 0.522. The Kier molecular flexibility index (Phi) is 5.46. The van der Waals surface area contributed by atoms with Gasteiger partial charge < -0.3 is 10.1 Å². The van der Waals surface area contributed by atoms with E-state index in [1.54, 1.807) is 6.20 Å². The SMILES string of the molecule is Cc1nc(C)c(Cl)c(NCc2ccc(OCc3ccccc3)cn2)n1. The van der Waals surface area contributed by atoms with E-state index in [0.29, 0.717) is 29.8 Å². The third-order valence-corrected chi connectivity index (χ3v) is 4.06. The lowest BCUT2D eigenvalue weighted by atomic mass is 10.2. The van der Waals surface area contributed by atoms with Crippen LogP contribution in [0, 0.1) is 13.8 Å². The number of ether oxygens (including phenoxy) is 1. The van der Waals surface area contributed by atoms with Gasteiger partial charge in [-0.15, -0.1) is 0 Å². The second-order valence-corrected chi connectivity index (χ2v) is 6.01. The molecule has 5 nitrogen and oxygen atoms in total. The average Bonchev–Trinajstić information content (AvgIpc) is 2.63. The van der Waals surface area contributed by atoms with Crippen molar-refractivity contribution in [1.82, 2.24) is 15.0 Å². The molecule has 0 unspecified atom stereocenters. The van der Waals surface area contributed by atoms with E-state index in [0.717, 1.165) is 22.7 Å². The Morgan fingerprint density at radius 3 is 2.56 bits per heavy atom. The number of hydrogen-bond donors (Lipinski definition) is 1. The Morgan fingerprint density at radius 1 is 1.04 bits per heavy atom. The highest BCUT2D eigenvalue weighted by atomic mass is 35.5. The highest BCUT2D eigenvalue weighted by Crippen LogP contribution is 2.22. The third kappa shape index (κ3) is 4.67. The van der Waals surface area contributed by atoms with Crippen molar-refractivity contribution in [3.8, 4) is 5.75 Å². The summed E-state index contributed by atoms with van der Waals surface area (Å²) in [6.07, 6.45) is 1.72. The van der Waals surface area contributed by atoms with Crippen LogP contribution in [0.15, 0.2) is 48.7 Å². The zero-order valence-electron chi connectivity index (χ0n) is 14.2. The maximum Gasteiger partial charge on any atom is 0.149 e. The van der Waals surface area contributed by atoms with Crippen molar-refractivity contribution in [1.29, 1.82) is 0 Å². The number of hydrogen-bond acceptors (Lipinski definition) is 5. The fourth-order valence-electron chi connectivity index (χ4n) is 2.33. The fraction of sp³-hybridized carbons (Fsp3) is 0.211. The van der Waals surface area contributed by atoms with Gasteiger partial charge in [-0.1, -0.05) is 41.9 Å². The van der Waals surface area contributed by atoms with Crippen molar-refractivity contribution in [3.05, 3.63) is 76.5 Å². The number of aromatic nitrogens is 3. The molecule has 0 spiro atoms. The van der Waals surface area contributed by atoms with Gasteiger partial charge in [-0.3, -0.25) is 4.98 Å². The summed E-state index contributed by atoms with van der Waals surface area (Å²) in [5.74, 6) is 2.04. The first-order valence-electron chi connectivity index (χ1n) is 7.98. The summed E-state index contributed by atoms with van der Waals surface area (Å²) in [5, 5.41) is 3.74. The molecule has 0 radical (unpaired) electrons. The lowest BCUT2D eigenvalue weighted by molar-refractivity contribution is 0.305. The normalized spacial score (nSPS) is 10.5. The van der Waals surface area contributed by atoms with Gasteiger partial charge in [0, 0.05) is 0 Å². The first kappa shape index (κ1) is 17.2. The Hall–Kier alpha value is -2.66. The molecule has 0 amide bonds. The Balaban J connectivity index is 1.58. The van der Waals surface area contributed by atoms with Crippen LogP contribution < -0.4 is 10.1 Å². The molecule has 3 rings (SSSR count). The van der Waals surface area contributed by atoms with Crippen molar-refractivity contribution < 1.29 is 4.74 Å². The van der Waals surface area contributed by atoms with Crippen LogP contribution in [0.5, 0.6) is 5.75 Å². The monoisotopic (exact) mass is 354 g/mol. The summed E-state index contributed by atoms with van der Waals surface area (Å²) < 4.78 is 5.74. The Bertz CT molecular complexity index is 838. The summed E-state index contributed by atoms with van der Waals surface area (Å²) in [4.78, 5) is 13.0. The number of halogens is 1. The third-order valence-electron chi connectivity index (χ3n) is 3.61. The van der Waals surface area contributed by atoms with E-state index < -0.39 is 0 Å². The molecule has 0 aliphatic rings. The van der Waals surface area contributed by atoms with E-state index in [-0.39, 0.29) is 0 Å². The van der Waals surface area contributed by atoms with Crippen LogP contribution >= 0.6 is 11.6 Å². The molecule has 0 aliphatic heterocycles. The predicted molar refractivity (Wildman–Crippen MR) is 98.9 cm³/mol. The van der Waals surface area contributed by atoms with Gasteiger partial charge in [0.15, 0.2) is 0 Å². The van der Waals surface area contributed by atoms with Crippen molar-refractivity contribution in [3.63, 3.8) is 0 Å². The molecule has 0 saturated heterocycles. The quantitative estimate of drug-likeness (QED) is 0.713. The maximum atomic E-state index is 6.23. The lowest BCUT2D eigenvalue weighted by Crippen LogP contribution is -2.06. The number of nitrogens with zero attached hydrogens (tertiary/aromatic N) is 3. The van der Waals surface area contributed by atoms with Crippen molar-refractivity contribution in [2.75, 3.05) is 5.32 Å². The van der Waals surface area contributed by atoms with Crippen molar-refractivity contribution >= 4 is 17.4 Å². The molecule has 0 bridgehead atoms. The first-order chi connectivity index (χ1) is 12.1. The molecular formula is C19H19ClN4O. The summed E-state index contributed by atoms with van der Waals surface area (Å²) in [6.45, 7) is 4.74. The van der Waals surface area contributed by atoms with Crippen LogP contribution in [0.2, 0.25) is 5.02 Å². The smallest absolute Gasteiger partial charge is 0.149 e. The molecule has 2 aromatic heterocycles. The minimum Gasteiger partial charge on any atom is -0.487 e. The van der Waals surface area contributed by atoms with E-state index in [9.17, 15) is 0 Å². The molecule has 0 atom stereocenters. The molecule has 3 aromatic rings. The van der Waals surface area contributed by atoms with Gasteiger partial charge >= 0.3 is 0 Å². The molecule has 0 aliphatic carbocycles. The number of aryl methyl sites for hydroxylation is 2. The predicted octanol–water partition coefficient (Wildman–Crippen LogP) is 4.33. The van der Waals surface area contributed by atoms with Gasteiger partial charge in [-0.2, -0.15) is 0 Å². The molecule has 0 saturated carbocycles. The fourth-order valence-corrected chi connectivity index (χ4v) is 2.48. The van der Waals surface area contributed by atoms with Gasteiger partial charge in [-0.25, -0.2) is 9.97 Å². The van der Waals surface area contributed by atoms with Crippen LogP contribution in [0.3, 0.4) is 0 Å². The zero-order valence-corrected chi connectivity index (χ0v) is 14.9. The van der Waals surface area contributed by atoms with Crippen LogP contribution in [0.25, 0.3) is 0 Å². The van der Waals surface area contributed by atoms with Gasteiger partial charge in [0.05, 0.1) is 24.1 Å². The first-order valence-corrected chi connectivity index (χ1v) is 8.36. The van der Waals surface area contributed by atoms with E-state index in [1.807, 2.05) is 56.3 Å². The van der Waals surface area contributed by atoms with Gasteiger partial charge in [0.1, 0.15) is 29.0 Å². The summed E-state index contributed by atoms with van der Waals surface area (Å²) >= 11 is 6.23. The Labute approximate surface area is 152 Å². The van der Waals surface area contributed by atoms with Crippen molar-refractivity contribution in [2.24, 2.45) is 0 Å². The highest BCUT2D eigenvalue weighted by Gasteiger charge is 2.08. The van der Waals surface area contributed by atoms with E-state index >= 15 is 0 Å². The molecule has 1 aromatic carbocycles.